The minimum absolute atomic E-state index is 0.0276. The highest BCUT2D eigenvalue weighted by Crippen LogP contribution is 2.29. The Morgan fingerprint density at radius 1 is 1.03 bits per heavy atom. The molecule has 178 valence electrons. The predicted octanol–water partition coefficient (Wildman–Crippen LogP) is 5.69. The Bertz CT molecular complexity index is 1110. The van der Waals surface area contributed by atoms with Crippen molar-refractivity contribution in [1.82, 2.24) is 9.88 Å². The molecule has 5 heteroatoms. The maximum atomic E-state index is 13.3. The van der Waals surface area contributed by atoms with Crippen LogP contribution in [0.2, 0.25) is 0 Å². The van der Waals surface area contributed by atoms with Gasteiger partial charge in [0.1, 0.15) is 11.6 Å². The molecule has 1 N–H and O–H groups in total. The molecule has 0 saturated heterocycles. The summed E-state index contributed by atoms with van der Waals surface area (Å²) in [5.74, 6) is 2.04. The number of hydrogen-bond acceptors (Lipinski definition) is 4. The fourth-order valence-electron chi connectivity index (χ4n) is 4.41. The maximum absolute atomic E-state index is 13.3. The van der Waals surface area contributed by atoms with Crippen LogP contribution in [0.5, 0.6) is 5.75 Å². The molecule has 0 saturated carbocycles. The standard InChI is InChI=1S/C29H35N3O2/c1-4-24-17-25-10-11-27(34-15-5-13-30-28-16-22(3)12-14-31-28)18-26(25)20-32(29(24)33)19-23-8-6-21(2)7-9-23/h6-12,14,16,18,24H,4-5,13,15,17,19-20H2,1-3H3,(H,30,31). The van der Waals surface area contributed by atoms with Gasteiger partial charge in [-0.1, -0.05) is 42.8 Å². The molecule has 2 heterocycles. The van der Waals surface area contributed by atoms with E-state index in [9.17, 15) is 4.79 Å². The number of aromatic nitrogens is 1. The maximum Gasteiger partial charge on any atom is 0.226 e. The number of carbonyl (C=O) groups excluding carboxylic acids is 1. The van der Waals surface area contributed by atoms with Crippen molar-refractivity contribution in [1.29, 1.82) is 0 Å². The molecular weight excluding hydrogens is 422 g/mol. The van der Waals surface area contributed by atoms with Crippen LogP contribution in [-0.4, -0.2) is 28.9 Å². The van der Waals surface area contributed by atoms with Gasteiger partial charge >= 0.3 is 0 Å². The third kappa shape index (κ3) is 6.16. The average Bonchev–Trinajstić information content (AvgIpc) is 2.96. The van der Waals surface area contributed by atoms with Crippen molar-refractivity contribution >= 4 is 11.7 Å². The molecule has 34 heavy (non-hydrogen) atoms. The van der Waals surface area contributed by atoms with E-state index >= 15 is 0 Å². The van der Waals surface area contributed by atoms with E-state index in [1.807, 2.05) is 29.3 Å². The smallest absolute Gasteiger partial charge is 0.226 e. The van der Waals surface area contributed by atoms with Gasteiger partial charge in [-0.15, -0.1) is 0 Å². The summed E-state index contributed by atoms with van der Waals surface area (Å²) >= 11 is 0. The molecule has 1 unspecified atom stereocenters. The molecule has 0 fully saturated rings. The minimum Gasteiger partial charge on any atom is -0.494 e. The van der Waals surface area contributed by atoms with Gasteiger partial charge in [0.2, 0.25) is 5.91 Å². The molecule has 0 bridgehead atoms. The first-order valence-corrected chi connectivity index (χ1v) is 12.3. The molecular formula is C29H35N3O2. The SMILES string of the molecule is CCC1Cc2ccc(OCCCNc3cc(C)ccn3)cc2CN(Cc2ccc(C)cc2)C1=O. The van der Waals surface area contributed by atoms with Gasteiger partial charge in [0.25, 0.3) is 0 Å². The number of benzene rings is 2. The van der Waals surface area contributed by atoms with E-state index in [1.54, 1.807) is 0 Å². The summed E-state index contributed by atoms with van der Waals surface area (Å²) in [5.41, 5.74) is 6.04. The van der Waals surface area contributed by atoms with E-state index in [2.05, 4.69) is 67.5 Å². The zero-order chi connectivity index (χ0) is 23.9. The number of nitrogens with one attached hydrogen (secondary N) is 1. The summed E-state index contributed by atoms with van der Waals surface area (Å²) in [7, 11) is 0. The Balaban J connectivity index is 1.38. The third-order valence-electron chi connectivity index (χ3n) is 6.46. The molecule has 1 atom stereocenters. The normalized spacial score (nSPS) is 15.6. The molecule has 4 rings (SSSR count). The first-order valence-electron chi connectivity index (χ1n) is 12.3. The molecule has 1 aromatic heterocycles. The lowest BCUT2D eigenvalue weighted by molar-refractivity contribution is -0.136. The van der Waals surface area contributed by atoms with Crippen molar-refractivity contribution in [3.05, 3.63) is 88.6 Å². The van der Waals surface area contributed by atoms with Crippen LogP contribution in [0.15, 0.2) is 60.8 Å². The summed E-state index contributed by atoms with van der Waals surface area (Å²) in [6.45, 7) is 8.94. The largest absolute Gasteiger partial charge is 0.494 e. The second-order valence-corrected chi connectivity index (χ2v) is 9.27. The molecule has 0 radical (unpaired) electrons. The minimum atomic E-state index is 0.0276. The van der Waals surface area contributed by atoms with E-state index in [0.29, 0.717) is 19.7 Å². The highest BCUT2D eigenvalue weighted by atomic mass is 16.5. The van der Waals surface area contributed by atoms with Gasteiger partial charge < -0.3 is 15.0 Å². The molecule has 1 aliphatic rings. The Morgan fingerprint density at radius 3 is 2.62 bits per heavy atom. The van der Waals surface area contributed by atoms with E-state index in [4.69, 9.17) is 4.74 Å². The van der Waals surface area contributed by atoms with Gasteiger partial charge in [-0.3, -0.25) is 4.79 Å². The van der Waals surface area contributed by atoms with Crippen LogP contribution in [0.25, 0.3) is 0 Å². The van der Waals surface area contributed by atoms with Crippen LogP contribution < -0.4 is 10.1 Å². The van der Waals surface area contributed by atoms with Crippen LogP contribution in [0.3, 0.4) is 0 Å². The fraction of sp³-hybridized carbons (Fsp3) is 0.379. The molecule has 0 spiro atoms. The number of ether oxygens (including phenoxy) is 1. The summed E-state index contributed by atoms with van der Waals surface area (Å²) in [6, 6.07) is 18.8. The van der Waals surface area contributed by atoms with Crippen LogP contribution >= 0.6 is 0 Å². The summed E-state index contributed by atoms with van der Waals surface area (Å²) in [6.07, 6.45) is 4.34. The van der Waals surface area contributed by atoms with Crippen molar-refractivity contribution in [2.45, 2.75) is 53.1 Å². The summed E-state index contributed by atoms with van der Waals surface area (Å²) < 4.78 is 6.06. The van der Waals surface area contributed by atoms with Gasteiger partial charge in [0.05, 0.1) is 6.61 Å². The van der Waals surface area contributed by atoms with Crippen LogP contribution in [0.1, 0.15) is 47.6 Å². The molecule has 3 aromatic rings. The van der Waals surface area contributed by atoms with Crippen molar-refractivity contribution in [3.63, 3.8) is 0 Å². The number of hydrogen-bond donors (Lipinski definition) is 1. The first-order chi connectivity index (χ1) is 16.5. The van der Waals surface area contributed by atoms with E-state index in [0.717, 1.165) is 37.4 Å². The van der Waals surface area contributed by atoms with Crippen LogP contribution in [-0.2, 0) is 24.3 Å². The van der Waals surface area contributed by atoms with Gasteiger partial charge in [0.15, 0.2) is 0 Å². The lowest BCUT2D eigenvalue weighted by atomic mass is 9.95. The molecule has 5 nitrogen and oxygen atoms in total. The second-order valence-electron chi connectivity index (χ2n) is 9.27. The number of pyridine rings is 1. The van der Waals surface area contributed by atoms with Crippen molar-refractivity contribution in [2.75, 3.05) is 18.5 Å². The Morgan fingerprint density at radius 2 is 1.85 bits per heavy atom. The Kier molecular flexibility index (Phi) is 7.84. The molecule has 2 aromatic carbocycles. The second kappa shape index (κ2) is 11.2. The Labute approximate surface area is 203 Å². The topological polar surface area (TPSA) is 54.5 Å². The van der Waals surface area contributed by atoms with Crippen LogP contribution in [0, 0.1) is 19.8 Å². The zero-order valence-corrected chi connectivity index (χ0v) is 20.5. The van der Waals surface area contributed by atoms with Crippen molar-refractivity contribution in [3.8, 4) is 5.75 Å². The van der Waals surface area contributed by atoms with E-state index < -0.39 is 0 Å². The molecule has 1 amide bonds. The lowest BCUT2D eigenvalue weighted by Gasteiger charge is -2.24. The third-order valence-corrected chi connectivity index (χ3v) is 6.46. The summed E-state index contributed by atoms with van der Waals surface area (Å²) in [4.78, 5) is 19.6. The van der Waals surface area contributed by atoms with Gasteiger partial charge in [-0.25, -0.2) is 4.98 Å². The Hall–Kier alpha value is -3.34. The molecule has 0 aliphatic carbocycles. The highest BCUT2D eigenvalue weighted by Gasteiger charge is 2.28. The van der Waals surface area contributed by atoms with Crippen molar-refractivity contribution < 1.29 is 9.53 Å². The first kappa shape index (κ1) is 23.8. The monoisotopic (exact) mass is 457 g/mol. The quantitative estimate of drug-likeness (QED) is 0.419. The average molecular weight is 458 g/mol. The number of aryl methyl sites for hydroxylation is 2. The zero-order valence-electron chi connectivity index (χ0n) is 20.5. The lowest BCUT2D eigenvalue weighted by Crippen LogP contribution is -2.33. The summed E-state index contributed by atoms with van der Waals surface area (Å²) in [5, 5.41) is 3.34. The number of anilines is 1. The molecule has 1 aliphatic heterocycles. The number of amides is 1. The highest BCUT2D eigenvalue weighted by molar-refractivity contribution is 5.80. The van der Waals surface area contributed by atoms with E-state index in [-0.39, 0.29) is 11.8 Å². The van der Waals surface area contributed by atoms with Gasteiger partial charge in [0, 0.05) is 31.7 Å². The van der Waals surface area contributed by atoms with Crippen molar-refractivity contribution in [2.24, 2.45) is 5.92 Å². The van der Waals surface area contributed by atoms with E-state index in [1.165, 1.54) is 27.8 Å². The fourth-order valence-corrected chi connectivity index (χ4v) is 4.41. The number of fused-ring (bicyclic) bond motifs is 1. The van der Waals surface area contributed by atoms with Gasteiger partial charge in [-0.2, -0.15) is 0 Å². The number of nitrogens with zero attached hydrogens (tertiary/aromatic N) is 2. The predicted molar refractivity (Wildman–Crippen MR) is 137 cm³/mol. The number of carbonyl (C=O) groups is 1. The van der Waals surface area contributed by atoms with Crippen LogP contribution in [0.4, 0.5) is 5.82 Å². The number of rotatable bonds is 9. The van der Waals surface area contributed by atoms with Gasteiger partial charge in [-0.05, 0) is 79.6 Å².